The third-order valence-corrected chi connectivity index (χ3v) is 4.06. The van der Waals surface area contributed by atoms with Crippen molar-refractivity contribution < 1.29 is 4.92 Å². The van der Waals surface area contributed by atoms with Crippen LogP contribution in [0.4, 0.5) is 5.69 Å². The van der Waals surface area contributed by atoms with Gasteiger partial charge >= 0.3 is 0 Å². The van der Waals surface area contributed by atoms with E-state index in [-0.39, 0.29) is 5.69 Å². The highest BCUT2D eigenvalue weighted by atomic mass is 79.9. The predicted octanol–water partition coefficient (Wildman–Crippen LogP) is 4.34. The van der Waals surface area contributed by atoms with Crippen molar-refractivity contribution >= 4 is 33.2 Å². The van der Waals surface area contributed by atoms with E-state index in [1.165, 1.54) is 17.7 Å². The number of nitro groups is 1. The molecule has 2 aromatic carbocycles. The molecule has 0 fully saturated rings. The Labute approximate surface area is 136 Å². The number of non-ortho nitro benzene ring substituents is 1. The summed E-state index contributed by atoms with van der Waals surface area (Å²) in [5.41, 5.74) is 2.30. The van der Waals surface area contributed by atoms with Gasteiger partial charge in [0.15, 0.2) is 0 Å². The van der Waals surface area contributed by atoms with Gasteiger partial charge in [0, 0.05) is 28.2 Å². The summed E-state index contributed by atoms with van der Waals surface area (Å²) in [5.74, 6) is 0. The van der Waals surface area contributed by atoms with Crippen molar-refractivity contribution in [2.45, 2.75) is 13.0 Å². The highest BCUT2D eigenvalue weighted by Gasteiger charge is 2.08. The quantitative estimate of drug-likeness (QED) is 0.468. The molecular formula is C15H14BrClN2O2. The molecule has 0 bridgehead atoms. The van der Waals surface area contributed by atoms with Crippen molar-refractivity contribution in [1.29, 1.82) is 0 Å². The normalized spacial score (nSPS) is 10.6. The minimum atomic E-state index is -0.400. The van der Waals surface area contributed by atoms with Gasteiger partial charge in [0.2, 0.25) is 0 Å². The van der Waals surface area contributed by atoms with Gasteiger partial charge in [-0.15, -0.1) is 0 Å². The van der Waals surface area contributed by atoms with Crippen molar-refractivity contribution in [1.82, 2.24) is 5.32 Å². The first-order chi connectivity index (χ1) is 10.1. The Bertz CT molecular complexity index is 632. The first kappa shape index (κ1) is 15.9. The molecule has 6 heteroatoms. The van der Waals surface area contributed by atoms with Crippen LogP contribution in [0.1, 0.15) is 11.1 Å². The van der Waals surface area contributed by atoms with Crippen LogP contribution in [0.2, 0.25) is 5.02 Å². The zero-order valence-corrected chi connectivity index (χ0v) is 13.5. The minimum absolute atomic E-state index is 0.0896. The number of hydrogen-bond donors (Lipinski definition) is 1. The van der Waals surface area contributed by atoms with E-state index in [0.717, 1.165) is 28.0 Å². The molecule has 0 atom stereocenters. The van der Waals surface area contributed by atoms with Crippen LogP contribution in [0, 0.1) is 10.1 Å². The first-order valence-electron chi connectivity index (χ1n) is 6.44. The third kappa shape index (κ3) is 4.81. The zero-order chi connectivity index (χ0) is 15.2. The first-order valence-corrected chi connectivity index (χ1v) is 7.61. The van der Waals surface area contributed by atoms with E-state index in [9.17, 15) is 10.1 Å². The number of benzene rings is 2. The Morgan fingerprint density at radius 3 is 2.52 bits per heavy atom. The van der Waals surface area contributed by atoms with Crippen LogP contribution in [0.25, 0.3) is 0 Å². The average molecular weight is 370 g/mol. The Morgan fingerprint density at radius 1 is 1.19 bits per heavy atom. The van der Waals surface area contributed by atoms with Gasteiger partial charge in [-0.1, -0.05) is 39.7 Å². The maximum atomic E-state index is 10.7. The molecule has 2 rings (SSSR count). The lowest BCUT2D eigenvalue weighted by atomic mass is 10.1. The number of rotatable bonds is 6. The summed E-state index contributed by atoms with van der Waals surface area (Å²) in [4.78, 5) is 10.3. The smallest absolute Gasteiger partial charge is 0.270 e. The molecule has 2 aromatic rings. The van der Waals surface area contributed by atoms with Gasteiger partial charge in [-0.25, -0.2) is 0 Å². The molecule has 0 aliphatic carbocycles. The lowest BCUT2D eigenvalue weighted by molar-refractivity contribution is -0.384. The Balaban J connectivity index is 1.83. The molecule has 0 amide bonds. The lowest BCUT2D eigenvalue weighted by Crippen LogP contribution is -2.17. The summed E-state index contributed by atoms with van der Waals surface area (Å²) in [6, 6.07) is 12.6. The van der Waals surface area contributed by atoms with E-state index in [1.807, 2.05) is 24.3 Å². The Kier molecular flexibility index (Phi) is 5.73. The molecule has 0 saturated heterocycles. The number of nitrogens with one attached hydrogen (secondary N) is 1. The molecule has 1 N–H and O–H groups in total. The van der Waals surface area contributed by atoms with Gasteiger partial charge in [-0.05, 0) is 42.3 Å². The van der Waals surface area contributed by atoms with Crippen LogP contribution in [0.15, 0.2) is 46.9 Å². The van der Waals surface area contributed by atoms with Crippen LogP contribution in [0.3, 0.4) is 0 Å². The molecule has 0 heterocycles. The van der Waals surface area contributed by atoms with Crippen molar-refractivity contribution in [2.75, 3.05) is 6.54 Å². The van der Waals surface area contributed by atoms with Gasteiger partial charge in [-0.3, -0.25) is 10.1 Å². The summed E-state index contributed by atoms with van der Waals surface area (Å²) in [6.45, 7) is 1.48. The molecule has 21 heavy (non-hydrogen) atoms. The van der Waals surface area contributed by atoms with Crippen molar-refractivity contribution in [2.24, 2.45) is 0 Å². The van der Waals surface area contributed by atoms with Gasteiger partial charge < -0.3 is 5.32 Å². The van der Waals surface area contributed by atoms with Gasteiger partial charge in [0.05, 0.1) is 4.92 Å². The van der Waals surface area contributed by atoms with E-state index in [4.69, 9.17) is 11.6 Å². The zero-order valence-electron chi connectivity index (χ0n) is 11.2. The SMILES string of the molecule is O=[N+]([O-])c1ccc(CNCCc2ccc(Cl)cc2)c(Br)c1. The van der Waals surface area contributed by atoms with E-state index in [2.05, 4.69) is 21.2 Å². The second-order valence-electron chi connectivity index (χ2n) is 4.59. The number of halogens is 2. The van der Waals surface area contributed by atoms with E-state index < -0.39 is 4.92 Å². The molecule has 0 aliphatic rings. The van der Waals surface area contributed by atoms with Gasteiger partial charge in [0.25, 0.3) is 5.69 Å². The Morgan fingerprint density at radius 2 is 1.90 bits per heavy atom. The number of hydrogen-bond acceptors (Lipinski definition) is 3. The fraction of sp³-hybridized carbons (Fsp3) is 0.200. The van der Waals surface area contributed by atoms with Crippen LogP contribution in [-0.2, 0) is 13.0 Å². The molecule has 0 unspecified atom stereocenters. The highest BCUT2D eigenvalue weighted by molar-refractivity contribution is 9.10. The predicted molar refractivity (Wildman–Crippen MR) is 87.7 cm³/mol. The molecule has 110 valence electrons. The fourth-order valence-electron chi connectivity index (χ4n) is 1.90. The van der Waals surface area contributed by atoms with Crippen LogP contribution in [-0.4, -0.2) is 11.5 Å². The van der Waals surface area contributed by atoms with Crippen molar-refractivity contribution in [3.63, 3.8) is 0 Å². The minimum Gasteiger partial charge on any atom is -0.312 e. The maximum Gasteiger partial charge on any atom is 0.270 e. The summed E-state index contributed by atoms with van der Waals surface area (Å²) in [7, 11) is 0. The lowest BCUT2D eigenvalue weighted by Gasteiger charge is -2.07. The summed E-state index contributed by atoms with van der Waals surface area (Å²) in [5, 5.41) is 14.7. The van der Waals surface area contributed by atoms with Crippen molar-refractivity contribution in [3.05, 3.63) is 73.2 Å². The van der Waals surface area contributed by atoms with Crippen LogP contribution < -0.4 is 5.32 Å². The number of nitro benzene ring substituents is 1. The maximum absolute atomic E-state index is 10.7. The number of nitrogens with zero attached hydrogens (tertiary/aromatic N) is 1. The summed E-state index contributed by atoms with van der Waals surface area (Å²) in [6.07, 6.45) is 0.905. The molecule has 0 saturated carbocycles. The van der Waals surface area contributed by atoms with E-state index in [1.54, 1.807) is 6.07 Å². The molecular weight excluding hydrogens is 356 g/mol. The van der Waals surface area contributed by atoms with Crippen LogP contribution in [0.5, 0.6) is 0 Å². The van der Waals surface area contributed by atoms with Gasteiger partial charge in [0.1, 0.15) is 0 Å². The summed E-state index contributed by atoms with van der Waals surface area (Å²) >= 11 is 9.20. The fourth-order valence-corrected chi connectivity index (χ4v) is 2.53. The molecule has 0 aromatic heterocycles. The molecule has 4 nitrogen and oxygen atoms in total. The molecule has 0 aliphatic heterocycles. The largest absolute Gasteiger partial charge is 0.312 e. The average Bonchev–Trinajstić information content (AvgIpc) is 2.46. The topological polar surface area (TPSA) is 55.2 Å². The van der Waals surface area contributed by atoms with Crippen molar-refractivity contribution in [3.8, 4) is 0 Å². The third-order valence-electron chi connectivity index (χ3n) is 3.07. The van der Waals surface area contributed by atoms with E-state index in [0.29, 0.717) is 6.54 Å². The monoisotopic (exact) mass is 368 g/mol. The molecule has 0 radical (unpaired) electrons. The van der Waals surface area contributed by atoms with Crippen LogP contribution >= 0.6 is 27.5 Å². The van der Waals surface area contributed by atoms with E-state index >= 15 is 0 Å². The summed E-state index contributed by atoms with van der Waals surface area (Å²) < 4.78 is 0.746. The highest BCUT2D eigenvalue weighted by Crippen LogP contribution is 2.22. The van der Waals surface area contributed by atoms with Gasteiger partial charge in [-0.2, -0.15) is 0 Å². The second-order valence-corrected chi connectivity index (χ2v) is 5.88. The standard InChI is InChI=1S/C15H14BrClN2O2/c16-15-9-14(19(20)21)6-3-12(15)10-18-8-7-11-1-4-13(17)5-2-11/h1-6,9,18H,7-8,10H2. The second kappa shape index (κ2) is 7.54. The molecule has 0 spiro atoms. The Hall–Kier alpha value is -1.43.